The minimum atomic E-state index is 0.0886. The van der Waals surface area contributed by atoms with Crippen LogP contribution in [-0.4, -0.2) is 11.7 Å². The number of hydrogen-bond donors (Lipinski definition) is 1. The third-order valence-electron chi connectivity index (χ3n) is 2.67. The number of benzene rings is 1. The van der Waals surface area contributed by atoms with Crippen LogP contribution in [0.15, 0.2) is 59.5 Å². The highest BCUT2D eigenvalue weighted by molar-refractivity contribution is 7.13. The van der Waals surface area contributed by atoms with Crippen molar-refractivity contribution >= 4 is 17.4 Å². The van der Waals surface area contributed by atoms with E-state index in [9.17, 15) is 0 Å². The molecule has 0 saturated carbocycles. The Bertz CT molecular complexity index is 549. The molecule has 0 aliphatic heterocycles. The molecule has 1 heterocycles. The molecule has 0 fully saturated rings. The van der Waals surface area contributed by atoms with Crippen LogP contribution in [0, 0.1) is 0 Å². The highest BCUT2D eigenvalue weighted by Gasteiger charge is 2.03. The first-order valence-electron chi connectivity index (χ1n) is 5.90. The fraction of sp³-hybridized carbons (Fsp3) is 0.125. The molecular weight excluding hydrogens is 240 g/mol. The summed E-state index contributed by atoms with van der Waals surface area (Å²) in [5.41, 5.74) is 3.54. The lowest BCUT2D eigenvalue weighted by atomic mass is 10.1. The van der Waals surface area contributed by atoms with Gasteiger partial charge < -0.3 is 5.11 Å². The van der Waals surface area contributed by atoms with Gasteiger partial charge in [-0.05, 0) is 29.5 Å². The molecule has 0 aliphatic carbocycles. The summed E-state index contributed by atoms with van der Waals surface area (Å²) >= 11 is 1.75. The van der Waals surface area contributed by atoms with E-state index >= 15 is 0 Å². The van der Waals surface area contributed by atoms with E-state index in [0.29, 0.717) is 0 Å². The quantitative estimate of drug-likeness (QED) is 0.805. The van der Waals surface area contributed by atoms with Gasteiger partial charge in [-0.3, -0.25) is 0 Å². The monoisotopic (exact) mass is 256 g/mol. The molecular formula is C16H16OS. The van der Waals surface area contributed by atoms with Gasteiger partial charge in [0, 0.05) is 4.88 Å². The minimum Gasteiger partial charge on any atom is -0.392 e. The smallest absolute Gasteiger partial charge is 0.0617 e. The van der Waals surface area contributed by atoms with Crippen molar-refractivity contribution in [2.24, 2.45) is 0 Å². The van der Waals surface area contributed by atoms with Crippen LogP contribution < -0.4 is 0 Å². The van der Waals surface area contributed by atoms with Crippen molar-refractivity contribution in [3.63, 3.8) is 0 Å². The minimum absolute atomic E-state index is 0.0886. The summed E-state index contributed by atoms with van der Waals surface area (Å²) in [7, 11) is 0. The first kappa shape index (κ1) is 12.8. The van der Waals surface area contributed by atoms with E-state index < -0.39 is 0 Å². The van der Waals surface area contributed by atoms with Gasteiger partial charge in [0.05, 0.1) is 6.61 Å². The first-order valence-corrected chi connectivity index (χ1v) is 6.78. The molecule has 0 saturated heterocycles. The molecule has 0 bridgehead atoms. The fourth-order valence-electron chi connectivity index (χ4n) is 1.71. The summed E-state index contributed by atoms with van der Waals surface area (Å²) in [5.74, 6) is 0. The van der Waals surface area contributed by atoms with E-state index in [1.54, 1.807) is 17.4 Å². The van der Waals surface area contributed by atoms with Crippen molar-refractivity contribution in [1.82, 2.24) is 0 Å². The Kier molecular flexibility index (Phi) is 4.51. The van der Waals surface area contributed by atoms with Gasteiger partial charge in [-0.1, -0.05) is 54.1 Å². The zero-order valence-electron chi connectivity index (χ0n) is 10.3. The van der Waals surface area contributed by atoms with Crippen LogP contribution >= 0.6 is 11.3 Å². The summed E-state index contributed by atoms with van der Waals surface area (Å²) in [6, 6.07) is 12.5. The number of hydrogen-bond acceptors (Lipinski definition) is 2. The van der Waals surface area contributed by atoms with Gasteiger partial charge in [0.1, 0.15) is 0 Å². The van der Waals surface area contributed by atoms with Crippen LogP contribution in [-0.2, 0) is 0 Å². The molecule has 1 nitrogen and oxygen atoms in total. The Morgan fingerprint density at radius 1 is 1.22 bits per heavy atom. The number of aliphatic hydroxyl groups excluding tert-OH is 1. The van der Waals surface area contributed by atoms with E-state index in [0.717, 1.165) is 5.57 Å². The van der Waals surface area contributed by atoms with E-state index in [1.807, 2.05) is 19.1 Å². The highest BCUT2D eigenvalue weighted by Crippen LogP contribution is 2.30. The van der Waals surface area contributed by atoms with E-state index in [2.05, 4.69) is 41.8 Å². The van der Waals surface area contributed by atoms with Crippen molar-refractivity contribution in [3.05, 3.63) is 65.1 Å². The van der Waals surface area contributed by atoms with Gasteiger partial charge in [0.2, 0.25) is 0 Å². The Hall–Kier alpha value is -1.64. The lowest BCUT2D eigenvalue weighted by Gasteiger charge is -1.99. The van der Waals surface area contributed by atoms with Crippen molar-refractivity contribution in [2.45, 2.75) is 6.92 Å². The molecule has 0 radical (unpaired) electrons. The average molecular weight is 256 g/mol. The Balaban J connectivity index is 2.27. The molecule has 1 aromatic heterocycles. The normalized spacial score (nSPS) is 12.2. The number of thiophene rings is 1. The fourth-order valence-corrected chi connectivity index (χ4v) is 2.60. The number of rotatable bonds is 4. The lowest BCUT2D eigenvalue weighted by molar-refractivity contribution is 0.342. The maximum atomic E-state index is 8.82. The largest absolute Gasteiger partial charge is 0.392 e. The third-order valence-corrected chi connectivity index (χ3v) is 3.65. The summed E-state index contributed by atoms with van der Waals surface area (Å²) in [5, 5.41) is 10.9. The molecule has 2 rings (SSSR count). The van der Waals surface area contributed by atoms with E-state index in [-0.39, 0.29) is 6.61 Å². The zero-order valence-corrected chi connectivity index (χ0v) is 11.2. The predicted octanol–water partition coefficient (Wildman–Crippen LogP) is 4.37. The van der Waals surface area contributed by atoms with Gasteiger partial charge in [-0.2, -0.15) is 0 Å². The Morgan fingerprint density at radius 2 is 2.00 bits per heavy atom. The number of allylic oxidation sites excluding steroid dienone is 2. The van der Waals surface area contributed by atoms with E-state index in [1.165, 1.54) is 16.0 Å². The first-order chi connectivity index (χ1) is 8.81. The van der Waals surface area contributed by atoms with Crippen LogP contribution in [0.2, 0.25) is 0 Å². The van der Waals surface area contributed by atoms with Crippen LogP contribution in [0.1, 0.15) is 12.5 Å². The standard InChI is InChI=1S/C16H16OS/c1-13(9-11-17)7-8-15-10-12-18-16(15)14-5-3-2-4-6-14/h2-10,12,17H,11H2,1H3/b8-7+,13-9+. The van der Waals surface area contributed by atoms with Crippen molar-refractivity contribution in [2.75, 3.05) is 6.61 Å². The Morgan fingerprint density at radius 3 is 2.72 bits per heavy atom. The third kappa shape index (κ3) is 3.19. The second-order valence-electron chi connectivity index (χ2n) is 4.04. The topological polar surface area (TPSA) is 20.2 Å². The van der Waals surface area contributed by atoms with E-state index in [4.69, 9.17) is 5.11 Å². The van der Waals surface area contributed by atoms with Crippen LogP contribution in [0.4, 0.5) is 0 Å². The molecule has 1 N–H and O–H groups in total. The maximum Gasteiger partial charge on any atom is 0.0617 e. The molecule has 0 spiro atoms. The second kappa shape index (κ2) is 6.34. The van der Waals surface area contributed by atoms with Crippen LogP contribution in [0.25, 0.3) is 16.5 Å². The van der Waals surface area contributed by atoms with Crippen LogP contribution in [0.3, 0.4) is 0 Å². The molecule has 2 heteroatoms. The molecule has 0 amide bonds. The summed E-state index contributed by atoms with van der Waals surface area (Å²) < 4.78 is 0. The molecule has 92 valence electrons. The number of aliphatic hydroxyl groups is 1. The van der Waals surface area contributed by atoms with Crippen molar-refractivity contribution < 1.29 is 5.11 Å². The van der Waals surface area contributed by atoms with Gasteiger partial charge in [-0.15, -0.1) is 11.3 Å². The van der Waals surface area contributed by atoms with Gasteiger partial charge >= 0.3 is 0 Å². The molecule has 0 atom stereocenters. The SMILES string of the molecule is CC(/C=C/c1ccsc1-c1ccccc1)=C\CO. The summed E-state index contributed by atoms with van der Waals surface area (Å²) in [6.45, 7) is 2.08. The Labute approximate surface area is 112 Å². The van der Waals surface area contributed by atoms with Crippen LogP contribution in [0.5, 0.6) is 0 Å². The average Bonchev–Trinajstić information content (AvgIpc) is 2.86. The highest BCUT2D eigenvalue weighted by atomic mass is 32.1. The molecule has 2 aromatic rings. The predicted molar refractivity (Wildman–Crippen MR) is 79.6 cm³/mol. The van der Waals surface area contributed by atoms with Gasteiger partial charge in [-0.25, -0.2) is 0 Å². The summed E-state index contributed by atoms with van der Waals surface area (Å²) in [6.07, 6.45) is 5.93. The second-order valence-corrected chi connectivity index (χ2v) is 4.95. The maximum absolute atomic E-state index is 8.82. The summed E-state index contributed by atoms with van der Waals surface area (Å²) in [4.78, 5) is 1.28. The zero-order chi connectivity index (χ0) is 12.8. The molecule has 18 heavy (non-hydrogen) atoms. The molecule has 0 unspecified atom stereocenters. The van der Waals surface area contributed by atoms with Gasteiger partial charge in [0.15, 0.2) is 0 Å². The van der Waals surface area contributed by atoms with Gasteiger partial charge in [0.25, 0.3) is 0 Å². The van der Waals surface area contributed by atoms with Crippen molar-refractivity contribution in [3.8, 4) is 10.4 Å². The molecule has 0 aliphatic rings. The lowest BCUT2D eigenvalue weighted by Crippen LogP contribution is -1.77. The molecule has 1 aromatic carbocycles. The van der Waals surface area contributed by atoms with Crippen molar-refractivity contribution in [1.29, 1.82) is 0 Å².